The van der Waals surface area contributed by atoms with Crippen molar-refractivity contribution >= 4 is 35.1 Å². The van der Waals surface area contributed by atoms with Crippen molar-refractivity contribution < 1.29 is 4.79 Å². The van der Waals surface area contributed by atoms with Crippen molar-refractivity contribution in [1.29, 1.82) is 0 Å². The van der Waals surface area contributed by atoms with Crippen molar-refractivity contribution in [3.63, 3.8) is 0 Å². The molecule has 1 aromatic carbocycles. The van der Waals surface area contributed by atoms with Crippen molar-refractivity contribution in [1.82, 2.24) is 24.5 Å². The van der Waals surface area contributed by atoms with Gasteiger partial charge in [0.05, 0.1) is 23.0 Å². The Morgan fingerprint density at radius 3 is 2.50 bits per heavy atom. The molecule has 0 saturated carbocycles. The van der Waals surface area contributed by atoms with Gasteiger partial charge in [-0.15, -0.1) is 5.10 Å². The maximum Gasteiger partial charge on any atom is 0.251 e. The molecule has 0 fully saturated rings. The minimum atomic E-state index is -0.538. The van der Waals surface area contributed by atoms with Crippen molar-refractivity contribution in [2.45, 2.75) is 33.4 Å². The van der Waals surface area contributed by atoms with Crippen LogP contribution in [0.1, 0.15) is 29.9 Å². The maximum absolute atomic E-state index is 12.5. The first kappa shape index (κ1) is 18.4. The Morgan fingerprint density at radius 2 is 1.88 bits per heavy atom. The Bertz CT molecular complexity index is 931. The van der Waals surface area contributed by atoms with Gasteiger partial charge in [-0.3, -0.25) is 14.8 Å². The summed E-state index contributed by atoms with van der Waals surface area (Å²) in [5.74, 6) is -0.0278. The molecular formula is C17H18Cl2N6O. The predicted octanol–water partition coefficient (Wildman–Crippen LogP) is 3.65. The molecule has 9 heteroatoms. The van der Waals surface area contributed by atoms with E-state index < -0.39 is 6.04 Å². The van der Waals surface area contributed by atoms with Crippen LogP contribution < -0.4 is 5.32 Å². The highest BCUT2D eigenvalue weighted by Gasteiger charge is 2.21. The third kappa shape index (κ3) is 3.89. The molecule has 2 heterocycles. The van der Waals surface area contributed by atoms with Crippen molar-refractivity contribution in [2.24, 2.45) is 0 Å². The molecule has 3 rings (SSSR count). The molecule has 0 aliphatic heterocycles. The lowest BCUT2D eigenvalue weighted by molar-refractivity contribution is -0.119. The van der Waals surface area contributed by atoms with Gasteiger partial charge in [0.1, 0.15) is 12.4 Å². The lowest BCUT2D eigenvalue weighted by Crippen LogP contribution is -2.25. The van der Waals surface area contributed by atoms with Gasteiger partial charge in [-0.05, 0) is 38.5 Å². The number of anilines is 1. The normalized spacial score (nSPS) is 12.2. The average molecular weight is 393 g/mol. The Morgan fingerprint density at radius 1 is 1.19 bits per heavy atom. The molecule has 0 aliphatic rings. The number of carbonyl (C=O) groups excluding carboxylic acids is 1. The van der Waals surface area contributed by atoms with Crippen LogP contribution in [-0.2, 0) is 11.3 Å². The molecule has 0 spiro atoms. The van der Waals surface area contributed by atoms with Crippen LogP contribution in [0.15, 0.2) is 30.6 Å². The topological polar surface area (TPSA) is 77.6 Å². The molecule has 1 N–H and O–H groups in total. The summed E-state index contributed by atoms with van der Waals surface area (Å²) in [6, 6.07) is 6.92. The van der Waals surface area contributed by atoms with E-state index in [1.807, 2.05) is 31.2 Å². The van der Waals surface area contributed by atoms with E-state index in [-0.39, 0.29) is 11.9 Å². The molecule has 0 aliphatic carbocycles. The molecule has 3 aromatic rings. The Labute approximate surface area is 160 Å². The molecule has 26 heavy (non-hydrogen) atoms. The summed E-state index contributed by atoms with van der Waals surface area (Å²) in [7, 11) is 0. The molecular weight excluding hydrogens is 375 g/mol. The van der Waals surface area contributed by atoms with E-state index >= 15 is 0 Å². The molecule has 2 aromatic heterocycles. The number of nitrogens with one attached hydrogen (secondary N) is 1. The Balaban J connectivity index is 1.67. The number of carbonyl (C=O) groups is 1. The predicted molar refractivity (Wildman–Crippen MR) is 101 cm³/mol. The van der Waals surface area contributed by atoms with Gasteiger partial charge in [0.25, 0.3) is 5.91 Å². The minimum Gasteiger partial charge on any atom is -0.291 e. The molecule has 0 saturated heterocycles. The second-order valence-corrected chi connectivity index (χ2v) is 6.80. The van der Waals surface area contributed by atoms with Gasteiger partial charge in [0, 0.05) is 5.02 Å². The largest absolute Gasteiger partial charge is 0.291 e. The van der Waals surface area contributed by atoms with Gasteiger partial charge in [-0.25, -0.2) is 9.67 Å². The van der Waals surface area contributed by atoms with Gasteiger partial charge < -0.3 is 0 Å². The summed E-state index contributed by atoms with van der Waals surface area (Å²) in [5, 5.41) is 12.5. The highest BCUT2D eigenvalue weighted by molar-refractivity contribution is 6.31. The van der Waals surface area contributed by atoms with Crippen LogP contribution in [0.25, 0.3) is 0 Å². The van der Waals surface area contributed by atoms with Crippen molar-refractivity contribution in [3.05, 3.63) is 57.6 Å². The summed E-state index contributed by atoms with van der Waals surface area (Å²) in [6.07, 6.45) is 1.56. The summed E-state index contributed by atoms with van der Waals surface area (Å²) >= 11 is 12.0. The first-order valence-electron chi connectivity index (χ1n) is 8.01. The second kappa shape index (κ2) is 7.47. The summed E-state index contributed by atoms with van der Waals surface area (Å²) in [6.45, 7) is 5.90. The summed E-state index contributed by atoms with van der Waals surface area (Å²) < 4.78 is 3.24. The zero-order valence-corrected chi connectivity index (χ0v) is 16.1. The van der Waals surface area contributed by atoms with Gasteiger partial charge in [-0.1, -0.05) is 35.3 Å². The second-order valence-electron chi connectivity index (χ2n) is 5.99. The molecule has 0 radical (unpaired) electrons. The molecule has 1 unspecified atom stereocenters. The number of hydrogen-bond donors (Lipinski definition) is 1. The zero-order chi connectivity index (χ0) is 18.8. The van der Waals surface area contributed by atoms with Crippen LogP contribution >= 0.6 is 23.2 Å². The van der Waals surface area contributed by atoms with Gasteiger partial charge in [-0.2, -0.15) is 5.10 Å². The third-order valence-corrected chi connectivity index (χ3v) is 4.81. The van der Waals surface area contributed by atoms with Gasteiger partial charge in [0.15, 0.2) is 0 Å². The smallest absolute Gasteiger partial charge is 0.251 e. The summed E-state index contributed by atoms with van der Waals surface area (Å²) in [5.41, 5.74) is 2.46. The third-order valence-electron chi connectivity index (χ3n) is 4.01. The number of aromatic nitrogens is 5. The van der Waals surface area contributed by atoms with E-state index in [0.29, 0.717) is 22.3 Å². The number of rotatable bonds is 5. The Kier molecular flexibility index (Phi) is 5.29. The quantitative estimate of drug-likeness (QED) is 0.718. The Hall–Kier alpha value is -2.38. The number of aryl methyl sites for hydroxylation is 1. The molecule has 1 amide bonds. The average Bonchev–Trinajstić information content (AvgIpc) is 3.15. The van der Waals surface area contributed by atoms with E-state index in [2.05, 4.69) is 20.5 Å². The lowest BCUT2D eigenvalue weighted by Gasteiger charge is -2.12. The summed E-state index contributed by atoms with van der Waals surface area (Å²) in [4.78, 5) is 16.6. The van der Waals surface area contributed by atoms with Crippen LogP contribution in [0.5, 0.6) is 0 Å². The number of nitrogens with zero attached hydrogens (tertiary/aromatic N) is 5. The fraction of sp³-hybridized carbons (Fsp3) is 0.294. The van der Waals surface area contributed by atoms with Crippen molar-refractivity contribution in [3.8, 4) is 0 Å². The fourth-order valence-electron chi connectivity index (χ4n) is 2.55. The first-order chi connectivity index (χ1) is 12.3. The monoisotopic (exact) mass is 392 g/mol. The number of halogens is 2. The van der Waals surface area contributed by atoms with Crippen LogP contribution in [-0.4, -0.2) is 30.5 Å². The molecule has 0 bridgehead atoms. The lowest BCUT2D eigenvalue weighted by atomic mass is 10.2. The van der Waals surface area contributed by atoms with Gasteiger partial charge >= 0.3 is 0 Å². The highest BCUT2D eigenvalue weighted by Crippen LogP contribution is 2.22. The standard InChI is InChI=1S/C17H18Cl2N6O/c1-10-15(19)11(2)25(22-10)12(3)16(26)21-17-20-9-24(23-17)8-13-4-6-14(18)7-5-13/h4-7,9,12H,8H2,1-3H3,(H,21,23,26). The van der Waals surface area contributed by atoms with Crippen LogP contribution in [0.2, 0.25) is 10.0 Å². The SMILES string of the molecule is Cc1nn(C(C)C(=O)Nc2ncn(Cc3ccc(Cl)cc3)n2)c(C)c1Cl. The van der Waals surface area contributed by atoms with E-state index in [4.69, 9.17) is 23.2 Å². The highest BCUT2D eigenvalue weighted by atomic mass is 35.5. The fourth-order valence-corrected chi connectivity index (χ4v) is 2.80. The first-order valence-corrected chi connectivity index (χ1v) is 8.76. The number of benzene rings is 1. The van der Waals surface area contributed by atoms with E-state index in [1.54, 1.807) is 29.5 Å². The minimum absolute atomic E-state index is 0.239. The van der Waals surface area contributed by atoms with E-state index in [0.717, 1.165) is 11.3 Å². The number of hydrogen-bond acceptors (Lipinski definition) is 4. The van der Waals surface area contributed by atoms with Crippen LogP contribution in [0.4, 0.5) is 5.95 Å². The van der Waals surface area contributed by atoms with Crippen LogP contribution in [0.3, 0.4) is 0 Å². The molecule has 136 valence electrons. The van der Waals surface area contributed by atoms with Gasteiger partial charge in [0.2, 0.25) is 5.95 Å². The van der Waals surface area contributed by atoms with E-state index in [1.165, 1.54) is 0 Å². The molecule has 7 nitrogen and oxygen atoms in total. The zero-order valence-electron chi connectivity index (χ0n) is 14.6. The van der Waals surface area contributed by atoms with Crippen LogP contribution in [0, 0.1) is 13.8 Å². The van der Waals surface area contributed by atoms with Crippen molar-refractivity contribution in [2.75, 3.05) is 5.32 Å². The number of amides is 1. The maximum atomic E-state index is 12.5. The molecule has 1 atom stereocenters. The van der Waals surface area contributed by atoms with E-state index in [9.17, 15) is 4.79 Å².